The van der Waals surface area contributed by atoms with E-state index in [-0.39, 0.29) is 12.1 Å². The van der Waals surface area contributed by atoms with Crippen LogP contribution in [-0.2, 0) is 4.74 Å². The van der Waals surface area contributed by atoms with Gasteiger partial charge >= 0.3 is 0 Å². The fourth-order valence-corrected chi connectivity index (χ4v) is 3.30. The van der Waals surface area contributed by atoms with E-state index in [1.807, 2.05) is 25.1 Å². The Morgan fingerprint density at radius 3 is 3.00 bits per heavy atom. The van der Waals surface area contributed by atoms with E-state index in [4.69, 9.17) is 15.2 Å². The Bertz CT molecular complexity index is 600. The highest BCUT2D eigenvalue weighted by Crippen LogP contribution is 2.31. The van der Waals surface area contributed by atoms with E-state index in [1.54, 1.807) is 0 Å². The molecule has 1 saturated heterocycles. The summed E-state index contributed by atoms with van der Waals surface area (Å²) in [5, 5.41) is 3.33. The van der Waals surface area contributed by atoms with Gasteiger partial charge in [-0.1, -0.05) is 30.4 Å². The number of nitrogens with one attached hydrogen (secondary N) is 1. The zero-order valence-electron chi connectivity index (χ0n) is 13.6. The van der Waals surface area contributed by atoms with Crippen LogP contribution in [0.2, 0.25) is 0 Å². The van der Waals surface area contributed by atoms with Crippen LogP contribution >= 0.6 is 0 Å². The fraction of sp³-hybridized carbons (Fsp3) is 0.500. The van der Waals surface area contributed by atoms with Crippen molar-refractivity contribution < 1.29 is 9.47 Å². The summed E-state index contributed by atoms with van der Waals surface area (Å²) in [6.45, 7) is 8.14. The highest BCUT2D eigenvalue weighted by molar-refractivity contribution is 5.78. The number of benzene rings is 1. The molecule has 23 heavy (non-hydrogen) atoms. The van der Waals surface area contributed by atoms with Gasteiger partial charge in [-0.05, 0) is 19.4 Å². The molecule has 0 saturated carbocycles. The van der Waals surface area contributed by atoms with Crippen LogP contribution in [0.4, 0.5) is 0 Å². The van der Waals surface area contributed by atoms with E-state index >= 15 is 0 Å². The number of ether oxygens (including phenoxy) is 2. The quantitative estimate of drug-likeness (QED) is 0.508. The van der Waals surface area contributed by atoms with Crippen LogP contribution in [0.25, 0.3) is 0 Å². The molecule has 5 nitrogen and oxygen atoms in total. The third-order valence-electron chi connectivity index (χ3n) is 4.48. The number of rotatable bonds is 4. The molecule has 1 fully saturated rings. The second kappa shape index (κ2) is 7.04. The molecule has 3 unspecified atom stereocenters. The van der Waals surface area contributed by atoms with Gasteiger partial charge in [-0.2, -0.15) is 0 Å². The molecule has 1 aromatic carbocycles. The molecule has 3 atom stereocenters. The Morgan fingerprint density at radius 1 is 1.35 bits per heavy atom. The molecule has 1 aromatic rings. The SMILES string of the molecule is C=C(C)C1OCCC1CN=C(N)NC1CCOc2ccccc21. The summed E-state index contributed by atoms with van der Waals surface area (Å²) < 4.78 is 11.4. The number of para-hydroxylation sites is 1. The standard InChI is InChI=1S/C18H25N3O2/c1-12(2)17-13(7-9-23-17)11-20-18(19)21-15-8-10-22-16-6-4-3-5-14(15)16/h3-6,13,15,17H,1,7-11H2,2H3,(H3,19,20,21). The first-order valence-corrected chi connectivity index (χ1v) is 8.20. The minimum atomic E-state index is 0.107. The van der Waals surface area contributed by atoms with E-state index in [9.17, 15) is 0 Å². The van der Waals surface area contributed by atoms with Crippen LogP contribution in [0.3, 0.4) is 0 Å². The Morgan fingerprint density at radius 2 is 2.17 bits per heavy atom. The van der Waals surface area contributed by atoms with Crippen molar-refractivity contribution in [3.63, 3.8) is 0 Å². The topological polar surface area (TPSA) is 68.9 Å². The number of hydrogen-bond donors (Lipinski definition) is 2. The van der Waals surface area contributed by atoms with Gasteiger partial charge in [0.1, 0.15) is 5.75 Å². The van der Waals surface area contributed by atoms with Gasteiger partial charge < -0.3 is 20.5 Å². The minimum Gasteiger partial charge on any atom is -0.493 e. The van der Waals surface area contributed by atoms with Crippen LogP contribution in [0.5, 0.6) is 5.75 Å². The van der Waals surface area contributed by atoms with Gasteiger partial charge in [0, 0.05) is 31.1 Å². The molecule has 3 rings (SSSR count). The van der Waals surface area contributed by atoms with Gasteiger partial charge in [0.15, 0.2) is 5.96 Å². The van der Waals surface area contributed by atoms with E-state index in [2.05, 4.69) is 23.0 Å². The molecule has 0 aliphatic carbocycles. The summed E-state index contributed by atoms with van der Waals surface area (Å²) in [5.74, 6) is 1.78. The molecule has 0 amide bonds. The Balaban J connectivity index is 1.61. The van der Waals surface area contributed by atoms with Crippen molar-refractivity contribution in [2.45, 2.75) is 31.9 Å². The van der Waals surface area contributed by atoms with Crippen molar-refractivity contribution in [3.05, 3.63) is 42.0 Å². The zero-order chi connectivity index (χ0) is 16.2. The van der Waals surface area contributed by atoms with Gasteiger partial charge in [-0.15, -0.1) is 0 Å². The lowest BCUT2D eigenvalue weighted by molar-refractivity contribution is 0.120. The number of hydrogen-bond acceptors (Lipinski definition) is 3. The molecule has 2 heterocycles. The molecule has 5 heteroatoms. The van der Waals surface area contributed by atoms with E-state index < -0.39 is 0 Å². The first-order valence-electron chi connectivity index (χ1n) is 8.20. The normalized spacial score (nSPS) is 27.2. The highest BCUT2D eigenvalue weighted by Gasteiger charge is 2.28. The van der Waals surface area contributed by atoms with E-state index in [0.29, 0.717) is 25.0 Å². The predicted molar refractivity (Wildman–Crippen MR) is 91.6 cm³/mol. The van der Waals surface area contributed by atoms with E-state index in [0.717, 1.165) is 36.3 Å². The molecular formula is C18H25N3O2. The fourth-order valence-electron chi connectivity index (χ4n) is 3.30. The number of guanidine groups is 1. The van der Waals surface area contributed by atoms with Gasteiger partial charge in [-0.3, -0.25) is 4.99 Å². The Hall–Kier alpha value is -2.01. The van der Waals surface area contributed by atoms with Gasteiger partial charge in [-0.25, -0.2) is 0 Å². The summed E-state index contributed by atoms with van der Waals surface area (Å²) in [7, 11) is 0. The van der Waals surface area contributed by atoms with Gasteiger partial charge in [0.2, 0.25) is 0 Å². The van der Waals surface area contributed by atoms with Crippen molar-refractivity contribution in [2.24, 2.45) is 16.6 Å². The van der Waals surface area contributed by atoms with Crippen LogP contribution in [0.1, 0.15) is 31.4 Å². The molecule has 2 aliphatic rings. The van der Waals surface area contributed by atoms with Crippen molar-refractivity contribution in [1.29, 1.82) is 0 Å². The Labute approximate surface area is 137 Å². The van der Waals surface area contributed by atoms with Crippen LogP contribution in [0, 0.1) is 5.92 Å². The lowest BCUT2D eigenvalue weighted by atomic mass is 9.97. The predicted octanol–water partition coefficient (Wildman–Crippen LogP) is 2.40. The largest absolute Gasteiger partial charge is 0.493 e. The van der Waals surface area contributed by atoms with Crippen molar-refractivity contribution in [2.75, 3.05) is 19.8 Å². The van der Waals surface area contributed by atoms with Crippen LogP contribution in [0.15, 0.2) is 41.4 Å². The van der Waals surface area contributed by atoms with Crippen molar-refractivity contribution in [3.8, 4) is 5.75 Å². The van der Waals surface area contributed by atoms with Crippen LogP contribution < -0.4 is 15.8 Å². The third kappa shape index (κ3) is 3.67. The molecule has 0 spiro atoms. The first kappa shape index (κ1) is 15.9. The first-order chi connectivity index (χ1) is 11.1. The lowest BCUT2D eigenvalue weighted by Crippen LogP contribution is -2.38. The maximum Gasteiger partial charge on any atom is 0.189 e. The third-order valence-corrected chi connectivity index (χ3v) is 4.48. The van der Waals surface area contributed by atoms with Gasteiger partial charge in [0.25, 0.3) is 0 Å². The zero-order valence-corrected chi connectivity index (χ0v) is 13.6. The maximum atomic E-state index is 6.10. The summed E-state index contributed by atoms with van der Waals surface area (Å²) in [6, 6.07) is 8.21. The molecule has 3 N–H and O–H groups in total. The van der Waals surface area contributed by atoms with Gasteiger partial charge in [0.05, 0.1) is 18.8 Å². The number of aliphatic imine (C=N–C) groups is 1. The molecule has 0 aromatic heterocycles. The second-order valence-corrected chi connectivity index (χ2v) is 6.28. The molecule has 0 radical (unpaired) electrons. The monoisotopic (exact) mass is 315 g/mol. The second-order valence-electron chi connectivity index (χ2n) is 6.28. The molecule has 0 bridgehead atoms. The lowest BCUT2D eigenvalue weighted by Gasteiger charge is -2.27. The average Bonchev–Trinajstić information content (AvgIpc) is 3.02. The van der Waals surface area contributed by atoms with Crippen molar-refractivity contribution >= 4 is 5.96 Å². The molecule has 124 valence electrons. The summed E-state index contributed by atoms with van der Waals surface area (Å²) in [5.41, 5.74) is 8.30. The number of nitrogens with two attached hydrogens (primary N) is 1. The molecular weight excluding hydrogens is 290 g/mol. The average molecular weight is 315 g/mol. The molecule has 2 aliphatic heterocycles. The highest BCUT2D eigenvalue weighted by atomic mass is 16.5. The maximum absolute atomic E-state index is 6.10. The summed E-state index contributed by atoms with van der Waals surface area (Å²) in [4.78, 5) is 4.53. The van der Waals surface area contributed by atoms with Crippen molar-refractivity contribution in [1.82, 2.24) is 5.32 Å². The minimum absolute atomic E-state index is 0.107. The van der Waals surface area contributed by atoms with Crippen LogP contribution in [-0.4, -0.2) is 31.8 Å². The Kier molecular flexibility index (Phi) is 4.86. The summed E-state index contributed by atoms with van der Waals surface area (Å²) >= 11 is 0. The number of fused-ring (bicyclic) bond motifs is 1. The smallest absolute Gasteiger partial charge is 0.189 e. The summed E-state index contributed by atoms with van der Waals surface area (Å²) in [6.07, 6.45) is 2.00. The van der Waals surface area contributed by atoms with E-state index in [1.165, 1.54) is 0 Å². The number of nitrogens with zero attached hydrogens (tertiary/aromatic N) is 1.